The molecule has 0 bridgehead atoms. The van der Waals surface area contributed by atoms with Crippen molar-refractivity contribution in [2.24, 2.45) is 0 Å². The molecule has 0 saturated heterocycles. The molecule has 0 fully saturated rings. The predicted molar refractivity (Wildman–Crippen MR) is 87.0 cm³/mol. The molecule has 1 rings (SSSR count). The van der Waals surface area contributed by atoms with Crippen LogP contribution in [0.25, 0.3) is 0 Å². The van der Waals surface area contributed by atoms with Crippen LogP contribution in [0.5, 0.6) is 5.75 Å². The number of halogens is 3. The Labute approximate surface area is 138 Å². The smallest absolute Gasteiger partial charge is 0.278 e. The fourth-order valence-corrected chi connectivity index (χ4v) is 2.57. The summed E-state index contributed by atoms with van der Waals surface area (Å²) >= 11 is 4.84. The summed E-state index contributed by atoms with van der Waals surface area (Å²) in [6.45, 7) is 7.53. The highest BCUT2D eigenvalue weighted by atomic mass is 35.5. The van der Waals surface area contributed by atoms with Gasteiger partial charge in [0.1, 0.15) is 10.5 Å². The molecule has 0 heterocycles. The van der Waals surface area contributed by atoms with Crippen molar-refractivity contribution >= 4 is 23.0 Å². The third-order valence-corrected chi connectivity index (χ3v) is 4.75. The average molecular weight is 354 g/mol. The first-order valence-electron chi connectivity index (χ1n) is 6.88. The molecule has 3 nitrogen and oxygen atoms in total. The number of alkyl halides is 2. The molecule has 0 amide bonds. The Morgan fingerprint density at radius 2 is 1.91 bits per heavy atom. The first-order chi connectivity index (χ1) is 9.90. The highest BCUT2D eigenvalue weighted by Crippen LogP contribution is 2.30. The van der Waals surface area contributed by atoms with E-state index >= 15 is 0 Å². The van der Waals surface area contributed by atoms with E-state index in [9.17, 15) is 13.3 Å². The molecule has 1 N–H and O–H groups in total. The number of rotatable bonds is 6. The van der Waals surface area contributed by atoms with Gasteiger partial charge in [-0.15, -0.1) is 4.72 Å². The molecular weight excluding hydrogens is 332 g/mol. The lowest BCUT2D eigenvalue weighted by atomic mass is 10.1. The Morgan fingerprint density at radius 1 is 1.32 bits per heavy atom. The quantitative estimate of drug-likeness (QED) is 0.766. The maximum Gasteiger partial charge on any atom is 0.278 e. The monoisotopic (exact) mass is 353 g/mol. The van der Waals surface area contributed by atoms with E-state index in [2.05, 4.69) is 4.72 Å². The van der Waals surface area contributed by atoms with Crippen LogP contribution >= 0.6 is 11.6 Å². The van der Waals surface area contributed by atoms with E-state index in [0.717, 1.165) is 12.5 Å². The normalized spacial score (nSPS) is 15.5. The van der Waals surface area contributed by atoms with Crippen molar-refractivity contribution in [3.63, 3.8) is 0 Å². The molecule has 0 unspecified atom stereocenters. The zero-order valence-corrected chi connectivity index (χ0v) is 14.9. The third kappa shape index (κ3) is 6.28. The third-order valence-electron chi connectivity index (χ3n) is 2.78. The molecule has 1 aromatic rings. The van der Waals surface area contributed by atoms with Gasteiger partial charge in [0.15, 0.2) is 6.61 Å². The van der Waals surface area contributed by atoms with E-state index in [1.54, 1.807) is 18.2 Å². The van der Waals surface area contributed by atoms with Crippen LogP contribution < -0.4 is 9.46 Å². The van der Waals surface area contributed by atoms with Gasteiger partial charge in [0, 0.05) is 18.3 Å². The minimum atomic E-state index is -2.92. The molecule has 2 atom stereocenters. The van der Waals surface area contributed by atoms with Crippen molar-refractivity contribution < 1.29 is 18.1 Å². The maximum atomic E-state index is 12.8. The zero-order valence-electron chi connectivity index (χ0n) is 13.4. The molecular formula is C15H22ClF2NO2S. The molecule has 0 aliphatic carbocycles. The lowest BCUT2D eigenvalue weighted by molar-refractivity contribution is -0.0229. The van der Waals surface area contributed by atoms with Crippen molar-refractivity contribution in [3.05, 3.63) is 28.8 Å². The van der Waals surface area contributed by atoms with Gasteiger partial charge < -0.3 is 9.29 Å². The second-order valence-corrected chi connectivity index (χ2v) is 8.67. The van der Waals surface area contributed by atoms with Gasteiger partial charge in [0.2, 0.25) is 0 Å². The fourth-order valence-electron chi connectivity index (χ4n) is 1.51. The second kappa shape index (κ2) is 7.34. The molecule has 7 heteroatoms. The summed E-state index contributed by atoms with van der Waals surface area (Å²) in [5.41, 5.74) is 0.804. The minimum absolute atomic E-state index is 0.195. The van der Waals surface area contributed by atoms with Gasteiger partial charge in [0.25, 0.3) is 5.92 Å². The molecule has 1 aromatic carbocycles. The number of ether oxygens (including phenoxy) is 1. The van der Waals surface area contributed by atoms with Gasteiger partial charge in [0.05, 0.1) is 11.1 Å². The van der Waals surface area contributed by atoms with E-state index < -0.39 is 23.9 Å². The standard InChI is InChI=1S/C15H22ClF2NO2S/c1-10(19-22(20)14(2,3)4)11-6-7-13(12(16)8-11)21-9-15(5,17)18/h6-8,10,19H,9H2,1-5H3/t10-,22-/m1/s1. The van der Waals surface area contributed by atoms with E-state index in [1.165, 1.54) is 0 Å². The summed E-state index contributed by atoms with van der Waals surface area (Å²) in [7, 11) is 0. The van der Waals surface area contributed by atoms with Crippen molar-refractivity contribution in [2.75, 3.05) is 6.61 Å². The second-order valence-electron chi connectivity index (χ2n) is 6.27. The van der Waals surface area contributed by atoms with Gasteiger partial charge in [-0.05, 0) is 45.4 Å². The number of benzene rings is 1. The molecule has 0 saturated carbocycles. The van der Waals surface area contributed by atoms with Crippen molar-refractivity contribution in [1.82, 2.24) is 4.72 Å². The van der Waals surface area contributed by atoms with Gasteiger partial charge in [-0.2, -0.15) is 0 Å². The van der Waals surface area contributed by atoms with Crippen LogP contribution in [0.1, 0.15) is 46.2 Å². The molecule has 0 aromatic heterocycles. The van der Waals surface area contributed by atoms with Gasteiger partial charge in [-0.25, -0.2) is 8.78 Å². The number of nitrogens with one attached hydrogen (secondary N) is 1. The Kier molecular flexibility index (Phi) is 6.50. The topological polar surface area (TPSA) is 44.3 Å². The molecule has 0 aliphatic heterocycles. The Morgan fingerprint density at radius 3 is 2.36 bits per heavy atom. The van der Waals surface area contributed by atoms with Crippen LogP contribution in [0.4, 0.5) is 8.78 Å². The van der Waals surface area contributed by atoms with E-state index in [0.29, 0.717) is 0 Å². The zero-order chi connectivity index (χ0) is 17.1. The van der Waals surface area contributed by atoms with Gasteiger partial charge in [-0.3, -0.25) is 0 Å². The summed E-state index contributed by atoms with van der Waals surface area (Å²) in [4.78, 5) is 0. The molecule has 0 radical (unpaired) electrons. The lowest BCUT2D eigenvalue weighted by Crippen LogP contribution is -2.40. The molecule has 0 spiro atoms. The number of hydrogen-bond acceptors (Lipinski definition) is 3. The first kappa shape index (κ1) is 19.5. The summed E-state index contributed by atoms with van der Waals surface area (Å²) in [5, 5.41) is 0.247. The molecule has 0 aliphatic rings. The summed E-state index contributed by atoms with van der Waals surface area (Å²) in [5.74, 6) is -2.71. The van der Waals surface area contributed by atoms with E-state index in [-0.39, 0.29) is 21.6 Å². The van der Waals surface area contributed by atoms with Gasteiger partial charge >= 0.3 is 0 Å². The summed E-state index contributed by atoms with van der Waals surface area (Å²) < 4.78 is 45.3. The highest BCUT2D eigenvalue weighted by Gasteiger charge is 2.28. The van der Waals surface area contributed by atoms with Crippen LogP contribution in [0.3, 0.4) is 0 Å². The first-order valence-corrected chi connectivity index (χ1v) is 8.41. The van der Waals surface area contributed by atoms with E-state index in [4.69, 9.17) is 16.3 Å². The van der Waals surface area contributed by atoms with Crippen molar-refractivity contribution in [3.8, 4) is 5.75 Å². The Balaban J connectivity index is 2.76. The average Bonchev–Trinajstić information content (AvgIpc) is 2.34. The minimum Gasteiger partial charge on any atom is -0.598 e. The largest absolute Gasteiger partial charge is 0.598 e. The number of hydrogen-bond donors (Lipinski definition) is 1. The fraction of sp³-hybridized carbons (Fsp3) is 0.600. The summed E-state index contributed by atoms with van der Waals surface area (Å²) in [6.07, 6.45) is 0. The predicted octanol–water partition coefficient (Wildman–Crippen LogP) is 4.49. The van der Waals surface area contributed by atoms with Crippen LogP contribution in [0.15, 0.2) is 18.2 Å². The molecule has 22 heavy (non-hydrogen) atoms. The Bertz CT molecular complexity index is 503. The molecule has 126 valence electrons. The maximum absolute atomic E-state index is 12.8. The lowest BCUT2D eigenvalue weighted by Gasteiger charge is -2.26. The van der Waals surface area contributed by atoms with Crippen LogP contribution in [0, 0.1) is 0 Å². The van der Waals surface area contributed by atoms with E-state index in [1.807, 2.05) is 27.7 Å². The van der Waals surface area contributed by atoms with Crippen molar-refractivity contribution in [1.29, 1.82) is 0 Å². The SMILES string of the molecule is C[C@@H](N[S@+]([O-])C(C)(C)C)c1ccc(OCC(C)(F)F)c(Cl)c1. The summed E-state index contributed by atoms with van der Waals surface area (Å²) in [6, 6.07) is 4.69. The highest BCUT2D eigenvalue weighted by molar-refractivity contribution is 7.90. The van der Waals surface area contributed by atoms with Crippen molar-refractivity contribution in [2.45, 2.75) is 51.3 Å². The van der Waals surface area contributed by atoms with Crippen LogP contribution in [-0.2, 0) is 11.4 Å². The van der Waals surface area contributed by atoms with Gasteiger partial charge in [-0.1, -0.05) is 17.7 Å². The van der Waals surface area contributed by atoms with Crippen LogP contribution in [0.2, 0.25) is 5.02 Å². The van der Waals surface area contributed by atoms with Crippen LogP contribution in [-0.4, -0.2) is 21.8 Å². The Hall–Kier alpha value is -0.560.